The van der Waals surface area contributed by atoms with E-state index in [9.17, 15) is 18.0 Å². The van der Waals surface area contributed by atoms with E-state index in [0.717, 1.165) is 10.9 Å². The SMILES string of the molecule is COc1ccc2c(C(=O)Nc3nc(C(F)(F)F)cs3)cc(-c3ccccc3)nc2c1. The van der Waals surface area contributed by atoms with Crippen molar-refractivity contribution in [1.29, 1.82) is 0 Å². The summed E-state index contributed by atoms with van der Waals surface area (Å²) in [5.74, 6) is -0.00543. The van der Waals surface area contributed by atoms with E-state index in [1.54, 1.807) is 24.3 Å². The Morgan fingerprint density at radius 1 is 1.07 bits per heavy atom. The average molecular weight is 429 g/mol. The smallest absolute Gasteiger partial charge is 0.434 e. The maximum Gasteiger partial charge on any atom is 0.434 e. The summed E-state index contributed by atoms with van der Waals surface area (Å²) in [5, 5.41) is 3.73. The first-order chi connectivity index (χ1) is 14.3. The first-order valence-corrected chi connectivity index (χ1v) is 9.61. The number of methoxy groups -OCH3 is 1. The number of alkyl halides is 3. The van der Waals surface area contributed by atoms with Crippen LogP contribution in [0.2, 0.25) is 0 Å². The van der Waals surface area contributed by atoms with Crippen LogP contribution in [0.15, 0.2) is 60.0 Å². The number of rotatable bonds is 4. The summed E-state index contributed by atoms with van der Waals surface area (Å²) < 4.78 is 43.6. The maximum atomic E-state index is 12.9. The quantitative estimate of drug-likeness (QED) is 0.456. The second kappa shape index (κ2) is 7.75. The summed E-state index contributed by atoms with van der Waals surface area (Å²) in [5.41, 5.74) is 1.10. The molecule has 2 aromatic heterocycles. The fourth-order valence-electron chi connectivity index (χ4n) is 2.91. The Morgan fingerprint density at radius 3 is 2.50 bits per heavy atom. The number of carbonyl (C=O) groups excluding carboxylic acids is 1. The Bertz CT molecular complexity index is 1220. The topological polar surface area (TPSA) is 64.1 Å². The molecule has 0 radical (unpaired) electrons. The molecule has 4 rings (SSSR count). The number of nitrogens with one attached hydrogen (secondary N) is 1. The molecule has 30 heavy (non-hydrogen) atoms. The summed E-state index contributed by atoms with van der Waals surface area (Å²) in [6, 6.07) is 16.0. The zero-order valence-electron chi connectivity index (χ0n) is 15.5. The normalized spacial score (nSPS) is 11.5. The summed E-state index contributed by atoms with van der Waals surface area (Å²) in [6.07, 6.45) is -4.57. The Kier molecular flexibility index (Phi) is 5.13. The zero-order chi connectivity index (χ0) is 21.3. The van der Waals surface area contributed by atoms with Gasteiger partial charge in [-0.15, -0.1) is 11.3 Å². The van der Waals surface area contributed by atoms with Gasteiger partial charge in [0.05, 0.1) is 23.9 Å². The molecule has 1 N–H and O–H groups in total. The van der Waals surface area contributed by atoms with E-state index in [1.807, 2.05) is 30.3 Å². The fraction of sp³-hybridized carbons (Fsp3) is 0.0952. The first-order valence-electron chi connectivity index (χ1n) is 8.73. The molecule has 0 bridgehead atoms. The predicted molar refractivity (Wildman–Crippen MR) is 109 cm³/mol. The van der Waals surface area contributed by atoms with Gasteiger partial charge < -0.3 is 4.74 Å². The van der Waals surface area contributed by atoms with Gasteiger partial charge in [-0.05, 0) is 18.2 Å². The van der Waals surface area contributed by atoms with Crippen LogP contribution < -0.4 is 10.1 Å². The van der Waals surface area contributed by atoms with Crippen molar-refractivity contribution in [3.8, 4) is 17.0 Å². The molecule has 152 valence electrons. The Labute approximate surface area is 173 Å². The second-order valence-electron chi connectivity index (χ2n) is 6.29. The summed E-state index contributed by atoms with van der Waals surface area (Å²) in [6.45, 7) is 0. The lowest BCUT2D eigenvalue weighted by atomic mass is 10.0. The minimum absolute atomic E-state index is 0.132. The number of nitrogens with zero attached hydrogens (tertiary/aromatic N) is 2. The number of benzene rings is 2. The molecular weight excluding hydrogens is 415 g/mol. The number of thiazole rings is 1. The van der Waals surface area contributed by atoms with Crippen LogP contribution in [-0.4, -0.2) is 23.0 Å². The van der Waals surface area contributed by atoms with E-state index in [-0.39, 0.29) is 10.7 Å². The molecule has 4 aromatic rings. The van der Waals surface area contributed by atoms with E-state index in [2.05, 4.69) is 15.3 Å². The van der Waals surface area contributed by atoms with E-state index in [0.29, 0.717) is 33.7 Å². The van der Waals surface area contributed by atoms with Crippen molar-refractivity contribution < 1.29 is 22.7 Å². The van der Waals surface area contributed by atoms with Gasteiger partial charge in [0.25, 0.3) is 5.91 Å². The molecule has 0 saturated carbocycles. The summed E-state index contributed by atoms with van der Waals surface area (Å²) in [7, 11) is 1.52. The van der Waals surface area contributed by atoms with Crippen molar-refractivity contribution in [2.24, 2.45) is 0 Å². The van der Waals surface area contributed by atoms with Crippen molar-refractivity contribution in [3.63, 3.8) is 0 Å². The van der Waals surface area contributed by atoms with Crippen molar-refractivity contribution in [1.82, 2.24) is 9.97 Å². The third-order valence-electron chi connectivity index (χ3n) is 4.35. The molecule has 0 aliphatic carbocycles. The Hall–Kier alpha value is -3.46. The van der Waals surface area contributed by atoms with Gasteiger partial charge in [0, 0.05) is 22.4 Å². The van der Waals surface area contributed by atoms with Crippen LogP contribution in [-0.2, 0) is 6.18 Å². The number of carbonyl (C=O) groups is 1. The number of aromatic nitrogens is 2. The van der Waals surface area contributed by atoms with Crippen LogP contribution in [0, 0.1) is 0 Å². The molecule has 2 heterocycles. The number of halogens is 3. The number of ether oxygens (including phenoxy) is 1. The number of hydrogen-bond donors (Lipinski definition) is 1. The van der Waals surface area contributed by atoms with Crippen LogP contribution in [0.5, 0.6) is 5.75 Å². The highest BCUT2D eigenvalue weighted by molar-refractivity contribution is 7.14. The van der Waals surface area contributed by atoms with Crippen LogP contribution in [0.3, 0.4) is 0 Å². The van der Waals surface area contributed by atoms with Gasteiger partial charge in [-0.25, -0.2) is 9.97 Å². The van der Waals surface area contributed by atoms with Crippen molar-refractivity contribution >= 4 is 33.3 Å². The predicted octanol–water partition coefficient (Wildman–Crippen LogP) is 5.64. The van der Waals surface area contributed by atoms with E-state index in [1.165, 1.54) is 7.11 Å². The number of amides is 1. The van der Waals surface area contributed by atoms with Gasteiger partial charge >= 0.3 is 6.18 Å². The highest BCUT2D eigenvalue weighted by Gasteiger charge is 2.34. The fourth-order valence-corrected chi connectivity index (χ4v) is 3.62. The number of hydrogen-bond acceptors (Lipinski definition) is 5. The van der Waals surface area contributed by atoms with Gasteiger partial charge in [-0.3, -0.25) is 10.1 Å². The van der Waals surface area contributed by atoms with Gasteiger partial charge in [0.15, 0.2) is 10.8 Å². The standard InChI is InChI=1S/C21H14F3N3O2S/c1-29-13-7-8-14-15(19(28)27-20-26-18(11-30-20)21(22,23)24)10-16(25-17(14)9-13)12-5-3-2-4-6-12/h2-11H,1H3,(H,26,27,28). The maximum absolute atomic E-state index is 12.9. The van der Waals surface area contributed by atoms with Crippen LogP contribution in [0.25, 0.3) is 22.2 Å². The van der Waals surface area contributed by atoms with Gasteiger partial charge in [-0.2, -0.15) is 13.2 Å². The van der Waals surface area contributed by atoms with E-state index in [4.69, 9.17) is 4.74 Å². The molecule has 5 nitrogen and oxygen atoms in total. The van der Waals surface area contributed by atoms with Crippen LogP contribution in [0.1, 0.15) is 16.1 Å². The highest BCUT2D eigenvalue weighted by Crippen LogP contribution is 2.32. The van der Waals surface area contributed by atoms with Gasteiger partial charge in [-0.1, -0.05) is 30.3 Å². The van der Waals surface area contributed by atoms with E-state index >= 15 is 0 Å². The number of fused-ring (bicyclic) bond motifs is 1. The Morgan fingerprint density at radius 2 is 1.83 bits per heavy atom. The molecule has 0 saturated heterocycles. The average Bonchev–Trinajstić information content (AvgIpc) is 3.22. The number of anilines is 1. The third kappa shape index (κ3) is 3.97. The molecule has 0 aliphatic rings. The molecular formula is C21H14F3N3O2S. The minimum Gasteiger partial charge on any atom is -0.497 e. The molecule has 0 spiro atoms. The summed E-state index contributed by atoms with van der Waals surface area (Å²) >= 11 is 0.713. The van der Waals surface area contributed by atoms with Crippen LogP contribution in [0.4, 0.5) is 18.3 Å². The lowest BCUT2D eigenvalue weighted by Gasteiger charge is -2.11. The molecule has 0 atom stereocenters. The molecule has 0 aliphatic heterocycles. The first kappa shape index (κ1) is 19.8. The molecule has 0 unspecified atom stereocenters. The molecule has 0 fully saturated rings. The molecule has 9 heteroatoms. The van der Waals surface area contributed by atoms with Crippen molar-refractivity contribution in [2.75, 3.05) is 12.4 Å². The largest absolute Gasteiger partial charge is 0.497 e. The van der Waals surface area contributed by atoms with E-state index < -0.39 is 17.8 Å². The van der Waals surface area contributed by atoms with Gasteiger partial charge in [0.2, 0.25) is 0 Å². The number of pyridine rings is 1. The second-order valence-corrected chi connectivity index (χ2v) is 7.15. The highest BCUT2D eigenvalue weighted by atomic mass is 32.1. The lowest BCUT2D eigenvalue weighted by Crippen LogP contribution is -2.14. The zero-order valence-corrected chi connectivity index (χ0v) is 16.3. The van der Waals surface area contributed by atoms with Crippen molar-refractivity contribution in [2.45, 2.75) is 6.18 Å². The third-order valence-corrected chi connectivity index (χ3v) is 5.10. The van der Waals surface area contributed by atoms with Gasteiger partial charge in [0.1, 0.15) is 5.75 Å². The monoisotopic (exact) mass is 429 g/mol. The minimum atomic E-state index is -4.57. The Balaban J connectivity index is 1.78. The molecule has 2 aromatic carbocycles. The lowest BCUT2D eigenvalue weighted by molar-refractivity contribution is -0.140. The van der Waals surface area contributed by atoms with Crippen molar-refractivity contribution in [3.05, 3.63) is 71.2 Å². The summed E-state index contributed by atoms with van der Waals surface area (Å²) in [4.78, 5) is 21.0. The van der Waals surface area contributed by atoms with Crippen LogP contribution >= 0.6 is 11.3 Å². The molecule has 1 amide bonds.